The van der Waals surface area contributed by atoms with Crippen molar-refractivity contribution in [3.8, 4) is 0 Å². The van der Waals surface area contributed by atoms with Gasteiger partial charge in [0.05, 0.1) is 12.7 Å². The lowest BCUT2D eigenvalue weighted by Crippen LogP contribution is -2.06. The van der Waals surface area contributed by atoms with Gasteiger partial charge in [0.2, 0.25) is 5.83 Å². The summed E-state index contributed by atoms with van der Waals surface area (Å²) in [5.41, 5.74) is 0.696. The number of ether oxygens (including phenoxy) is 1. The molecule has 0 aliphatic heterocycles. The second-order valence-corrected chi connectivity index (χ2v) is 7.71. The third-order valence-corrected chi connectivity index (χ3v) is 4.81. The van der Waals surface area contributed by atoms with E-state index in [1.165, 1.54) is 18.2 Å². The summed E-state index contributed by atoms with van der Waals surface area (Å²) in [6, 6.07) is 0. The van der Waals surface area contributed by atoms with Crippen LogP contribution in [0.2, 0.25) is 0 Å². The predicted octanol–water partition coefficient (Wildman–Crippen LogP) is 8.23. The molecule has 0 aliphatic carbocycles. The molecule has 1 N–H and O–H groups in total. The first kappa shape index (κ1) is 30.0. The van der Waals surface area contributed by atoms with Crippen LogP contribution in [-0.2, 0) is 4.74 Å². The van der Waals surface area contributed by atoms with E-state index in [1.807, 2.05) is 6.92 Å². The zero-order chi connectivity index (χ0) is 25.7. The minimum atomic E-state index is -1.27. The van der Waals surface area contributed by atoms with Gasteiger partial charge in [0.15, 0.2) is 11.6 Å². The number of hydrogen-bond acceptors (Lipinski definition) is 2. The fraction of sp³-hybridized carbons (Fsp3) is 0.286. The maximum absolute atomic E-state index is 14.5. The standard InChI is InChI=1S/C28H35F3O2/c1-10-11-16-33-25(9)28(31)27(30)24(8)20(4)13-12-18(2)21(5)17-26(29)23(7)19(3)14-15-22(6)32/h10,12-13,17,19,22,32H,1-2,4-5,7-9,11,14-16H2,3,6H3/b13-12-,26-17+,28-27-. The fourth-order valence-corrected chi connectivity index (χ4v) is 2.37. The molecule has 0 radical (unpaired) electrons. The molecule has 180 valence electrons. The van der Waals surface area contributed by atoms with Crippen molar-refractivity contribution < 1.29 is 23.0 Å². The van der Waals surface area contributed by atoms with E-state index < -0.39 is 29.3 Å². The van der Waals surface area contributed by atoms with Crippen molar-refractivity contribution in [1.82, 2.24) is 0 Å². The zero-order valence-electron chi connectivity index (χ0n) is 19.7. The van der Waals surface area contributed by atoms with Gasteiger partial charge in [-0.15, -0.1) is 6.58 Å². The van der Waals surface area contributed by atoms with Crippen LogP contribution < -0.4 is 0 Å². The Kier molecular flexibility index (Phi) is 13.5. The Bertz CT molecular complexity index is 898. The van der Waals surface area contributed by atoms with Crippen LogP contribution in [0.5, 0.6) is 0 Å². The molecule has 5 heteroatoms. The molecular weight excluding hydrogens is 425 g/mol. The van der Waals surface area contributed by atoms with Crippen molar-refractivity contribution in [2.24, 2.45) is 5.92 Å². The molecule has 0 saturated heterocycles. The lowest BCUT2D eigenvalue weighted by atomic mass is 9.94. The molecule has 2 unspecified atom stereocenters. The Morgan fingerprint density at radius 3 is 2.00 bits per heavy atom. The van der Waals surface area contributed by atoms with E-state index in [-0.39, 0.29) is 29.2 Å². The number of rotatable bonds is 16. The van der Waals surface area contributed by atoms with Crippen LogP contribution in [0.15, 0.2) is 121 Å². The van der Waals surface area contributed by atoms with Crippen LogP contribution in [-0.4, -0.2) is 17.8 Å². The lowest BCUT2D eigenvalue weighted by molar-refractivity contribution is 0.177. The minimum Gasteiger partial charge on any atom is -0.491 e. The van der Waals surface area contributed by atoms with E-state index in [2.05, 4.69) is 46.1 Å². The Hall–Kier alpha value is -3.05. The van der Waals surface area contributed by atoms with Gasteiger partial charge >= 0.3 is 0 Å². The summed E-state index contributed by atoms with van der Waals surface area (Å²) in [5.74, 6) is -3.66. The van der Waals surface area contributed by atoms with Crippen LogP contribution in [0.1, 0.15) is 33.1 Å². The highest BCUT2D eigenvalue weighted by atomic mass is 19.2. The van der Waals surface area contributed by atoms with Crippen LogP contribution >= 0.6 is 0 Å². The quantitative estimate of drug-likeness (QED) is 0.109. The van der Waals surface area contributed by atoms with Crippen LogP contribution in [0.25, 0.3) is 0 Å². The van der Waals surface area contributed by atoms with Gasteiger partial charge in [0.1, 0.15) is 5.83 Å². The number of aliphatic hydroxyl groups excluding tert-OH is 1. The number of allylic oxidation sites excluding steroid dienone is 11. The van der Waals surface area contributed by atoms with Crippen molar-refractivity contribution >= 4 is 0 Å². The first-order valence-corrected chi connectivity index (χ1v) is 10.5. The summed E-state index contributed by atoms with van der Waals surface area (Å²) in [5, 5.41) is 9.37. The molecule has 0 saturated carbocycles. The minimum absolute atomic E-state index is 0.0797. The van der Waals surface area contributed by atoms with E-state index in [0.29, 0.717) is 30.4 Å². The van der Waals surface area contributed by atoms with E-state index in [9.17, 15) is 18.3 Å². The summed E-state index contributed by atoms with van der Waals surface area (Å²) in [7, 11) is 0. The first-order valence-electron chi connectivity index (χ1n) is 10.5. The molecule has 0 heterocycles. The van der Waals surface area contributed by atoms with Gasteiger partial charge in [-0.05, 0) is 60.5 Å². The topological polar surface area (TPSA) is 29.5 Å². The summed E-state index contributed by atoms with van der Waals surface area (Å²) in [4.78, 5) is 0. The van der Waals surface area contributed by atoms with E-state index in [4.69, 9.17) is 4.74 Å². The van der Waals surface area contributed by atoms with E-state index >= 15 is 0 Å². The molecule has 0 bridgehead atoms. The summed E-state index contributed by atoms with van der Waals surface area (Å²) < 4.78 is 48.0. The first-order chi connectivity index (χ1) is 15.3. The molecule has 0 aromatic carbocycles. The van der Waals surface area contributed by atoms with E-state index in [1.54, 1.807) is 13.0 Å². The van der Waals surface area contributed by atoms with E-state index in [0.717, 1.165) is 0 Å². The van der Waals surface area contributed by atoms with Gasteiger partial charge in [-0.25, -0.2) is 8.78 Å². The highest BCUT2D eigenvalue weighted by Crippen LogP contribution is 2.28. The third kappa shape index (κ3) is 10.9. The molecule has 0 rings (SSSR count). The fourth-order valence-electron chi connectivity index (χ4n) is 2.37. The second kappa shape index (κ2) is 14.9. The Morgan fingerprint density at radius 1 is 0.879 bits per heavy atom. The van der Waals surface area contributed by atoms with Gasteiger partial charge in [-0.1, -0.05) is 64.6 Å². The highest BCUT2D eigenvalue weighted by molar-refractivity contribution is 5.52. The second-order valence-electron chi connectivity index (χ2n) is 7.71. The SMILES string of the molecule is C=CCCOC(=C)/C(F)=C(/F)C(=C)C(=C)/C=C\C(=C)C(=C)/C=C(/F)C(=C)C(C)CCC(C)O. The molecule has 2 nitrogen and oxygen atoms in total. The molecular formula is C28H35F3O2. The van der Waals surface area contributed by atoms with Crippen molar-refractivity contribution in [3.05, 3.63) is 121 Å². The van der Waals surface area contributed by atoms with Gasteiger partial charge in [-0.2, -0.15) is 4.39 Å². The summed E-state index contributed by atoms with van der Waals surface area (Å²) >= 11 is 0. The molecule has 0 aliphatic rings. The highest BCUT2D eigenvalue weighted by Gasteiger charge is 2.16. The maximum atomic E-state index is 14.5. The zero-order valence-corrected chi connectivity index (χ0v) is 19.7. The number of aliphatic hydroxyl groups is 1. The van der Waals surface area contributed by atoms with Gasteiger partial charge < -0.3 is 9.84 Å². The monoisotopic (exact) mass is 460 g/mol. The Morgan fingerprint density at radius 2 is 1.45 bits per heavy atom. The Balaban J connectivity index is 5.13. The Labute approximate surface area is 196 Å². The van der Waals surface area contributed by atoms with Crippen LogP contribution in [0.3, 0.4) is 0 Å². The smallest absolute Gasteiger partial charge is 0.200 e. The molecule has 0 fully saturated rings. The van der Waals surface area contributed by atoms with Crippen LogP contribution in [0.4, 0.5) is 13.2 Å². The van der Waals surface area contributed by atoms with Gasteiger partial charge in [0.25, 0.3) is 0 Å². The normalized spacial score (nSPS) is 14.2. The molecule has 0 aromatic heterocycles. The summed E-state index contributed by atoms with van der Waals surface area (Å²) in [6.07, 6.45) is 6.72. The van der Waals surface area contributed by atoms with Crippen molar-refractivity contribution in [1.29, 1.82) is 0 Å². The predicted molar refractivity (Wildman–Crippen MR) is 133 cm³/mol. The van der Waals surface area contributed by atoms with Crippen molar-refractivity contribution in [2.75, 3.05) is 6.61 Å². The molecule has 0 aromatic rings. The van der Waals surface area contributed by atoms with Gasteiger partial charge in [0, 0.05) is 5.57 Å². The van der Waals surface area contributed by atoms with Crippen molar-refractivity contribution in [3.63, 3.8) is 0 Å². The van der Waals surface area contributed by atoms with Crippen molar-refractivity contribution in [2.45, 2.75) is 39.2 Å². The number of hydrogen-bond donors (Lipinski definition) is 1. The average molecular weight is 461 g/mol. The van der Waals surface area contributed by atoms with Crippen LogP contribution in [0, 0.1) is 5.92 Å². The largest absolute Gasteiger partial charge is 0.491 e. The molecule has 33 heavy (non-hydrogen) atoms. The molecule has 0 amide bonds. The lowest BCUT2D eigenvalue weighted by Gasteiger charge is -2.14. The number of halogens is 3. The summed E-state index contributed by atoms with van der Waals surface area (Å²) in [6.45, 7) is 29.0. The average Bonchev–Trinajstić information content (AvgIpc) is 2.78. The third-order valence-electron chi connectivity index (χ3n) is 4.81. The molecule has 0 spiro atoms. The van der Waals surface area contributed by atoms with Gasteiger partial charge in [-0.3, -0.25) is 0 Å². The maximum Gasteiger partial charge on any atom is 0.200 e. The molecule has 2 atom stereocenters.